The Balaban J connectivity index is 2.15. The van der Waals surface area contributed by atoms with E-state index in [1.165, 1.54) is 0 Å². The number of rotatable bonds is 7. The van der Waals surface area contributed by atoms with Crippen LogP contribution in [0.5, 0.6) is 11.5 Å². The number of Topliss-reactive ketones (excluding diaryl/α,β-unsaturated/α-hetero) is 1. The first-order valence-electron chi connectivity index (χ1n) is 9.64. The van der Waals surface area contributed by atoms with Crippen LogP contribution in [0.15, 0.2) is 40.7 Å². The number of esters is 1. The van der Waals surface area contributed by atoms with E-state index in [0.29, 0.717) is 46.9 Å². The third-order valence-corrected chi connectivity index (χ3v) is 5.26. The van der Waals surface area contributed by atoms with Gasteiger partial charge in [-0.1, -0.05) is 12.1 Å². The van der Waals surface area contributed by atoms with Gasteiger partial charge in [0.1, 0.15) is 6.61 Å². The van der Waals surface area contributed by atoms with Crippen LogP contribution in [0.3, 0.4) is 0 Å². The normalized spacial score (nSPS) is 18.9. The second-order valence-corrected chi connectivity index (χ2v) is 6.98. The molecule has 1 atom stereocenters. The van der Waals surface area contributed by atoms with Gasteiger partial charge in [0, 0.05) is 36.1 Å². The van der Waals surface area contributed by atoms with Crippen LogP contribution in [0, 0.1) is 0 Å². The second-order valence-electron chi connectivity index (χ2n) is 6.98. The molecule has 1 N–H and O–H groups in total. The molecule has 0 radical (unpaired) electrons. The van der Waals surface area contributed by atoms with E-state index >= 15 is 0 Å². The van der Waals surface area contributed by atoms with Gasteiger partial charge in [-0.15, -0.1) is 0 Å². The van der Waals surface area contributed by atoms with Crippen LogP contribution >= 0.6 is 0 Å². The highest BCUT2D eigenvalue weighted by molar-refractivity contribution is 6.04. The number of hydrogen-bond acceptors (Lipinski definition) is 7. The molecule has 7 nitrogen and oxygen atoms in total. The SMILES string of the molecule is COCCOC(=O)C1=C(C)NC2=C(C(=O)CCC2)[C@@H]1c1cccc(OC)c1OC. The van der Waals surface area contributed by atoms with Gasteiger partial charge in [-0.25, -0.2) is 4.79 Å². The lowest BCUT2D eigenvalue weighted by Gasteiger charge is -2.34. The molecule has 29 heavy (non-hydrogen) atoms. The lowest BCUT2D eigenvalue weighted by atomic mass is 9.75. The Kier molecular flexibility index (Phi) is 6.59. The Labute approximate surface area is 170 Å². The molecule has 1 heterocycles. The molecule has 0 spiro atoms. The molecule has 0 unspecified atom stereocenters. The second kappa shape index (κ2) is 9.13. The van der Waals surface area contributed by atoms with Gasteiger partial charge in [0.2, 0.25) is 0 Å². The predicted octanol–water partition coefficient (Wildman–Crippen LogP) is 2.86. The van der Waals surface area contributed by atoms with Crippen LogP contribution in [-0.2, 0) is 19.1 Å². The molecule has 0 fully saturated rings. The van der Waals surface area contributed by atoms with Crippen molar-refractivity contribution in [2.75, 3.05) is 34.5 Å². The summed E-state index contributed by atoms with van der Waals surface area (Å²) < 4.78 is 21.5. The summed E-state index contributed by atoms with van der Waals surface area (Å²) in [6.45, 7) is 2.26. The van der Waals surface area contributed by atoms with E-state index in [4.69, 9.17) is 18.9 Å². The minimum absolute atomic E-state index is 0.0308. The molecule has 1 aliphatic heterocycles. The Bertz CT molecular complexity index is 870. The van der Waals surface area contributed by atoms with Gasteiger partial charge in [0.25, 0.3) is 0 Å². The summed E-state index contributed by atoms with van der Waals surface area (Å²) >= 11 is 0. The summed E-state index contributed by atoms with van der Waals surface area (Å²) in [6, 6.07) is 5.48. The van der Waals surface area contributed by atoms with Gasteiger partial charge < -0.3 is 24.3 Å². The highest BCUT2D eigenvalue weighted by Gasteiger charge is 2.40. The first-order valence-corrected chi connectivity index (χ1v) is 9.64. The van der Waals surface area contributed by atoms with Crippen LogP contribution in [0.1, 0.15) is 37.7 Å². The van der Waals surface area contributed by atoms with E-state index < -0.39 is 11.9 Å². The highest BCUT2D eigenvalue weighted by Crippen LogP contribution is 2.47. The van der Waals surface area contributed by atoms with Gasteiger partial charge >= 0.3 is 5.97 Å². The molecule has 0 saturated carbocycles. The number of allylic oxidation sites excluding steroid dienone is 3. The number of methoxy groups -OCH3 is 3. The Morgan fingerprint density at radius 1 is 1.14 bits per heavy atom. The summed E-state index contributed by atoms with van der Waals surface area (Å²) in [4.78, 5) is 26.0. The van der Waals surface area contributed by atoms with Crippen LogP contribution in [0.25, 0.3) is 0 Å². The van der Waals surface area contributed by atoms with Gasteiger partial charge in [0.05, 0.1) is 32.3 Å². The third-order valence-electron chi connectivity index (χ3n) is 5.26. The van der Waals surface area contributed by atoms with E-state index in [9.17, 15) is 9.59 Å². The van der Waals surface area contributed by atoms with Crippen molar-refractivity contribution in [1.82, 2.24) is 5.32 Å². The fraction of sp³-hybridized carbons (Fsp3) is 0.455. The molecule has 0 saturated heterocycles. The van der Waals surface area contributed by atoms with Crippen molar-refractivity contribution in [1.29, 1.82) is 0 Å². The van der Waals surface area contributed by atoms with Crippen LogP contribution in [-0.4, -0.2) is 46.3 Å². The van der Waals surface area contributed by atoms with Crippen molar-refractivity contribution in [3.63, 3.8) is 0 Å². The van der Waals surface area contributed by atoms with Gasteiger partial charge in [-0.3, -0.25) is 4.79 Å². The maximum atomic E-state index is 13.0. The van der Waals surface area contributed by atoms with Crippen LogP contribution in [0.4, 0.5) is 0 Å². The number of carbonyl (C=O) groups excluding carboxylic acids is 2. The quantitative estimate of drug-likeness (QED) is 0.556. The lowest BCUT2D eigenvalue weighted by Crippen LogP contribution is -2.34. The highest BCUT2D eigenvalue weighted by atomic mass is 16.6. The number of benzene rings is 1. The average Bonchev–Trinajstić information content (AvgIpc) is 2.72. The van der Waals surface area contributed by atoms with E-state index in [1.807, 2.05) is 19.1 Å². The maximum Gasteiger partial charge on any atom is 0.336 e. The molecule has 1 aromatic rings. The smallest absolute Gasteiger partial charge is 0.336 e. The summed E-state index contributed by atoms with van der Waals surface area (Å²) in [7, 11) is 4.65. The number of hydrogen-bond donors (Lipinski definition) is 1. The van der Waals surface area contributed by atoms with Gasteiger partial charge in [-0.05, 0) is 25.8 Å². The number of ether oxygens (including phenoxy) is 4. The topological polar surface area (TPSA) is 83.1 Å². The van der Waals surface area contributed by atoms with Crippen LogP contribution < -0.4 is 14.8 Å². The molecular weight excluding hydrogens is 374 g/mol. The van der Waals surface area contributed by atoms with Gasteiger partial charge in [-0.2, -0.15) is 0 Å². The first-order chi connectivity index (χ1) is 14.0. The van der Waals surface area contributed by atoms with Crippen molar-refractivity contribution in [3.8, 4) is 11.5 Å². The van der Waals surface area contributed by atoms with Crippen molar-refractivity contribution in [3.05, 3.63) is 46.3 Å². The van der Waals surface area contributed by atoms with E-state index in [2.05, 4.69) is 5.32 Å². The maximum absolute atomic E-state index is 13.0. The standard InChI is InChI=1S/C22H27NO6/c1-13-18(22(25)29-12-11-26-2)19(20-15(23-13)8-6-9-16(20)24)14-7-5-10-17(27-3)21(14)28-4/h5,7,10,19,23H,6,8-9,11-12H2,1-4H3/t19-/m1/s1. The minimum atomic E-state index is -0.584. The van der Waals surface area contributed by atoms with Gasteiger partial charge in [0.15, 0.2) is 17.3 Å². The summed E-state index contributed by atoms with van der Waals surface area (Å²) in [5, 5.41) is 3.27. The van der Waals surface area contributed by atoms with E-state index in [0.717, 1.165) is 18.5 Å². The molecule has 7 heteroatoms. The number of dihydropyridines is 1. The molecule has 0 bridgehead atoms. The van der Waals surface area contributed by atoms with Crippen molar-refractivity contribution in [2.24, 2.45) is 0 Å². The number of ketones is 1. The molecular formula is C22H27NO6. The Morgan fingerprint density at radius 2 is 1.93 bits per heavy atom. The zero-order valence-corrected chi connectivity index (χ0v) is 17.3. The predicted molar refractivity (Wildman–Crippen MR) is 107 cm³/mol. The van der Waals surface area contributed by atoms with Crippen LogP contribution in [0.2, 0.25) is 0 Å². The third kappa shape index (κ3) is 4.00. The molecule has 0 amide bonds. The zero-order chi connectivity index (χ0) is 21.0. The molecule has 1 aliphatic carbocycles. The monoisotopic (exact) mass is 401 g/mol. The number of carbonyl (C=O) groups is 2. The van der Waals surface area contributed by atoms with Crippen molar-refractivity contribution < 1.29 is 28.5 Å². The van der Waals surface area contributed by atoms with Crippen molar-refractivity contribution in [2.45, 2.75) is 32.1 Å². The van der Waals surface area contributed by atoms with E-state index in [1.54, 1.807) is 27.4 Å². The molecule has 2 aliphatic rings. The zero-order valence-electron chi connectivity index (χ0n) is 17.3. The summed E-state index contributed by atoms with van der Waals surface area (Å²) in [6.07, 6.45) is 2.00. The lowest BCUT2D eigenvalue weighted by molar-refractivity contribution is -0.140. The summed E-state index contributed by atoms with van der Waals surface area (Å²) in [5.74, 6) is 0.00937. The molecule has 156 valence electrons. The fourth-order valence-corrected chi connectivity index (χ4v) is 4.00. The Morgan fingerprint density at radius 3 is 2.62 bits per heavy atom. The summed E-state index contributed by atoms with van der Waals surface area (Å²) in [5.41, 5.74) is 3.25. The molecule has 3 rings (SSSR count). The molecule has 1 aromatic carbocycles. The minimum Gasteiger partial charge on any atom is -0.493 e. The van der Waals surface area contributed by atoms with Crippen molar-refractivity contribution >= 4 is 11.8 Å². The largest absolute Gasteiger partial charge is 0.493 e. The molecule has 0 aromatic heterocycles. The number of para-hydroxylation sites is 1. The first kappa shape index (κ1) is 20.9. The average molecular weight is 401 g/mol. The Hall–Kier alpha value is -2.80. The fourth-order valence-electron chi connectivity index (χ4n) is 4.00. The van der Waals surface area contributed by atoms with E-state index in [-0.39, 0.29) is 12.4 Å². The number of nitrogens with one attached hydrogen (secondary N) is 1.